The van der Waals surface area contributed by atoms with Gasteiger partial charge in [-0.1, -0.05) is 29.8 Å². The fraction of sp³-hybridized carbons (Fsp3) is 0.400. The molecule has 2 heterocycles. The van der Waals surface area contributed by atoms with Crippen molar-refractivity contribution in [3.05, 3.63) is 41.9 Å². The number of nitrogens with zero attached hydrogens (tertiary/aromatic N) is 1. The molecule has 2 aromatic rings. The average Bonchev–Trinajstić information content (AvgIpc) is 2.90. The number of nitrogens with one attached hydrogen (secondary N) is 2. The van der Waals surface area contributed by atoms with Gasteiger partial charge in [0.2, 0.25) is 0 Å². The third-order valence-corrected chi connectivity index (χ3v) is 3.68. The number of rotatable bonds is 2. The topological polar surface area (TPSA) is 40.7 Å². The van der Waals surface area contributed by atoms with Crippen molar-refractivity contribution in [3.63, 3.8) is 0 Å². The molecule has 1 saturated heterocycles. The van der Waals surface area contributed by atoms with Crippen LogP contribution in [-0.2, 0) is 0 Å². The molecule has 1 aromatic carbocycles. The molecule has 4 heteroatoms. The van der Waals surface area contributed by atoms with Crippen molar-refractivity contribution in [1.29, 1.82) is 0 Å². The van der Waals surface area contributed by atoms with Crippen LogP contribution in [0.3, 0.4) is 0 Å². The highest BCUT2D eigenvalue weighted by Gasteiger charge is 2.18. The van der Waals surface area contributed by atoms with Gasteiger partial charge >= 0.3 is 0 Å². The van der Waals surface area contributed by atoms with E-state index in [9.17, 15) is 0 Å². The van der Waals surface area contributed by atoms with Gasteiger partial charge in [0.05, 0.1) is 11.9 Å². The lowest BCUT2D eigenvalue weighted by molar-refractivity contribution is 0.447. The summed E-state index contributed by atoms with van der Waals surface area (Å²) >= 11 is 0. The van der Waals surface area contributed by atoms with Crippen LogP contribution in [0.15, 0.2) is 30.5 Å². The van der Waals surface area contributed by atoms with Crippen LogP contribution >= 0.6 is 12.4 Å². The number of hydrogen-bond acceptors (Lipinski definition) is 2. The highest BCUT2D eigenvalue weighted by Crippen LogP contribution is 2.25. The molecule has 0 radical (unpaired) electrons. The number of aromatic amines is 1. The number of piperidine rings is 1. The highest BCUT2D eigenvalue weighted by molar-refractivity contribution is 5.85. The van der Waals surface area contributed by atoms with Crippen molar-refractivity contribution in [2.75, 3.05) is 13.1 Å². The molecule has 1 aromatic heterocycles. The van der Waals surface area contributed by atoms with Crippen molar-refractivity contribution in [2.24, 2.45) is 0 Å². The maximum Gasteiger partial charge on any atom is 0.109 e. The van der Waals surface area contributed by atoms with E-state index in [1.807, 2.05) is 6.20 Å². The van der Waals surface area contributed by atoms with E-state index in [-0.39, 0.29) is 12.4 Å². The quantitative estimate of drug-likeness (QED) is 0.884. The SMILES string of the molecule is Cc1ccc(-c2cnc(C3CCNCC3)[nH]2)cc1.Cl. The fourth-order valence-electron chi connectivity index (χ4n) is 2.52. The number of halogens is 1. The molecule has 0 spiro atoms. The summed E-state index contributed by atoms with van der Waals surface area (Å²) in [6.45, 7) is 4.31. The Labute approximate surface area is 120 Å². The molecule has 1 fully saturated rings. The Bertz CT molecular complexity index is 512. The molecule has 0 aliphatic carbocycles. The van der Waals surface area contributed by atoms with E-state index < -0.39 is 0 Å². The van der Waals surface area contributed by atoms with Crippen LogP contribution in [0.1, 0.15) is 30.1 Å². The summed E-state index contributed by atoms with van der Waals surface area (Å²) in [5.41, 5.74) is 3.63. The van der Waals surface area contributed by atoms with Crippen molar-refractivity contribution in [2.45, 2.75) is 25.7 Å². The normalized spacial score (nSPS) is 16.1. The molecule has 1 aliphatic rings. The second kappa shape index (κ2) is 6.22. The zero-order valence-electron chi connectivity index (χ0n) is 11.1. The van der Waals surface area contributed by atoms with E-state index in [0.717, 1.165) is 24.6 Å². The Hall–Kier alpha value is -1.32. The Morgan fingerprint density at radius 2 is 1.79 bits per heavy atom. The van der Waals surface area contributed by atoms with Crippen molar-refractivity contribution >= 4 is 12.4 Å². The van der Waals surface area contributed by atoms with Crippen molar-refractivity contribution in [3.8, 4) is 11.3 Å². The second-order valence-corrected chi connectivity index (χ2v) is 5.07. The minimum atomic E-state index is 0. The molecular weight excluding hydrogens is 258 g/mol. The Kier molecular flexibility index (Phi) is 4.61. The molecular formula is C15H20ClN3. The minimum absolute atomic E-state index is 0. The minimum Gasteiger partial charge on any atom is -0.342 e. The molecule has 0 unspecified atom stereocenters. The van der Waals surface area contributed by atoms with Gasteiger partial charge in [0.25, 0.3) is 0 Å². The first-order valence-corrected chi connectivity index (χ1v) is 6.65. The number of H-pyrrole nitrogens is 1. The molecule has 1 aliphatic heterocycles. The molecule has 0 bridgehead atoms. The molecule has 102 valence electrons. The largest absolute Gasteiger partial charge is 0.342 e. The summed E-state index contributed by atoms with van der Waals surface area (Å²) in [5, 5.41) is 3.39. The number of imidazole rings is 1. The zero-order valence-corrected chi connectivity index (χ0v) is 12.0. The Morgan fingerprint density at radius 3 is 2.47 bits per heavy atom. The maximum absolute atomic E-state index is 4.56. The van der Waals surface area contributed by atoms with E-state index in [2.05, 4.69) is 46.5 Å². The summed E-state index contributed by atoms with van der Waals surface area (Å²) < 4.78 is 0. The van der Waals surface area contributed by atoms with Gasteiger partial charge in [0.15, 0.2) is 0 Å². The Balaban J connectivity index is 0.00000133. The zero-order chi connectivity index (χ0) is 12.4. The molecule has 0 amide bonds. The predicted octanol–water partition coefficient (Wildman–Crippen LogP) is 3.27. The van der Waals surface area contributed by atoms with Crippen LogP contribution < -0.4 is 5.32 Å². The number of aryl methyl sites for hydroxylation is 1. The van der Waals surface area contributed by atoms with Gasteiger partial charge in [0.1, 0.15) is 5.82 Å². The maximum atomic E-state index is 4.56. The van der Waals surface area contributed by atoms with Crippen molar-refractivity contribution < 1.29 is 0 Å². The Morgan fingerprint density at radius 1 is 1.11 bits per heavy atom. The van der Waals surface area contributed by atoms with Gasteiger partial charge in [0, 0.05) is 5.92 Å². The van der Waals surface area contributed by atoms with Gasteiger partial charge in [-0.05, 0) is 38.4 Å². The van der Waals surface area contributed by atoms with E-state index >= 15 is 0 Å². The molecule has 0 atom stereocenters. The van der Waals surface area contributed by atoms with E-state index in [1.165, 1.54) is 24.0 Å². The fourth-order valence-corrected chi connectivity index (χ4v) is 2.52. The van der Waals surface area contributed by atoms with Crippen LogP contribution in [0.2, 0.25) is 0 Å². The van der Waals surface area contributed by atoms with E-state index in [0.29, 0.717) is 5.92 Å². The average molecular weight is 278 g/mol. The van der Waals surface area contributed by atoms with Gasteiger partial charge in [-0.15, -0.1) is 12.4 Å². The summed E-state index contributed by atoms with van der Waals surface area (Å²) in [6.07, 6.45) is 4.32. The lowest BCUT2D eigenvalue weighted by Gasteiger charge is -2.20. The van der Waals surface area contributed by atoms with Crippen LogP contribution in [0.4, 0.5) is 0 Å². The van der Waals surface area contributed by atoms with Crippen LogP contribution in [-0.4, -0.2) is 23.1 Å². The first-order valence-electron chi connectivity index (χ1n) is 6.65. The van der Waals surface area contributed by atoms with Gasteiger partial charge in [-0.2, -0.15) is 0 Å². The third kappa shape index (κ3) is 3.17. The van der Waals surface area contributed by atoms with Crippen LogP contribution in [0.25, 0.3) is 11.3 Å². The van der Waals surface area contributed by atoms with Gasteiger partial charge in [-0.3, -0.25) is 0 Å². The number of hydrogen-bond donors (Lipinski definition) is 2. The summed E-state index contributed by atoms with van der Waals surface area (Å²) in [6, 6.07) is 8.57. The van der Waals surface area contributed by atoms with E-state index in [4.69, 9.17) is 0 Å². The molecule has 3 rings (SSSR count). The van der Waals surface area contributed by atoms with Gasteiger partial charge in [-0.25, -0.2) is 4.98 Å². The molecule has 19 heavy (non-hydrogen) atoms. The van der Waals surface area contributed by atoms with Crippen molar-refractivity contribution in [1.82, 2.24) is 15.3 Å². The van der Waals surface area contributed by atoms with Gasteiger partial charge < -0.3 is 10.3 Å². The third-order valence-electron chi connectivity index (χ3n) is 3.68. The summed E-state index contributed by atoms with van der Waals surface area (Å²) in [4.78, 5) is 8.04. The lowest BCUT2D eigenvalue weighted by Crippen LogP contribution is -2.27. The van der Waals surface area contributed by atoms with E-state index in [1.54, 1.807) is 0 Å². The summed E-state index contributed by atoms with van der Waals surface area (Å²) in [7, 11) is 0. The smallest absolute Gasteiger partial charge is 0.109 e. The highest BCUT2D eigenvalue weighted by atomic mass is 35.5. The monoisotopic (exact) mass is 277 g/mol. The molecule has 2 N–H and O–H groups in total. The molecule has 0 saturated carbocycles. The van der Waals surface area contributed by atoms with Crippen LogP contribution in [0.5, 0.6) is 0 Å². The second-order valence-electron chi connectivity index (χ2n) is 5.07. The lowest BCUT2D eigenvalue weighted by atomic mass is 9.98. The number of benzene rings is 1. The number of aromatic nitrogens is 2. The first-order chi connectivity index (χ1) is 8.83. The standard InChI is InChI=1S/C15H19N3.ClH/c1-11-2-4-12(5-3-11)14-10-17-15(18-14)13-6-8-16-9-7-13;/h2-5,10,13,16H,6-9H2,1H3,(H,17,18);1H. The predicted molar refractivity (Wildman–Crippen MR) is 80.9 cm³/mol. The summed E-state index contributed by atoms with van der Waals surface area (Å²) in [5.74, 6) is 1.73. The molecule has 3 nitrogen and oxygen atoms in total. The first kappa shape index (κ1) is 14.1. The van der Waals surface area contributed by atoms with Crippen LogP contribution in [0, 0.1) is 6.92 Å².